The molecule has 19 heteroatoms. The zero-order valence-electron chi connectivity index (χ0n) is 24.7. The van der Waals surface area contributed by atoms with Crippen LogP contribution in [0.4, 0.5) is 0 Å². The molecule has 0 unspecified atom stereocenters. The lowest BCUT2D eigenvalue weighted by molar-refractivity contribution is -0.381. The average Bonchev–Trinajstić information content (AvgIpc) is 3.03. The number of aliphatic hydroxyl groups excluding tert-OH is 10. The molecule has 3 fully saturated rings. The lowest BCUT2D eigenvalue weighted by atomic mass is 9.96. The predicted octanol–water partition coefficient (Wildman–Crippen LogP) is -3.90. The number of rotatable bonds is 17. The fourth-order valence-corrected chi connectivity index (χ4v) is 5.40. The summed E-state index contributed by atoms with van der Waals surface area (Å²) < 4.78 is 33.2. The summed E-state index contributed by atoms with van der Waals surface area (Å²) in [6, 6.07) is 0. The van der Waals surface area contributed by atoms with Crippen molar-refractivity contribution < 1.29 is 79.5 Å². The fraction of sp³-hybridized carbons (Fsp3) is 1.00. The van der Waals surface area contributed by atoms with Gasteiger partial charge in [-0.3, -0.25) is 0 Å². The van der Waals surface area contributed by atoms with Crippen molar-refractivity contribution in [1.29, 1.82) is 0 Å². The SMILES string of the molecule is [N-]=[N+]=NCCCCCCCCO[C@@H]1O[C@H](CO)[C@H](O)[C@H](O[C@@H]2O[C@H](CO)[C@H](O)[C@H](O[C@@H]3O[C@H](CO)[C@H](O)[C@H](O)[C@H]3O)[C@H]2O)[C@H]1O. The smallest absolute Gasteiger partial charge is 0.187 e. The van der Waals surface area contributed by atoms with Crippen molar-refractivity contribution in [3.8, 4) is 0 Å². The molecule has 0 aromatic rings. The zero-order chi connectivity index (χ0) is 33.1. The maximum Gasteiger partial charge on any atom is 0.187 e. The molecule has 0 bridgehead atoms. The number of hydrogen-bond acceptors (Lipinski definition) is 17. The van der Waals surface area contributed by atoms with E-state index in [0.29, 0.717) is 13.0 Å². The maximum atomic E-state index is 11.1. The first-order valence-electron chi connectivity index (χ1n) is 15.1. The van der Waals surface area contributed by atoms with Gasteiger partial charge in [-0.25, -0.2) is 0 Å². The van der Waals surface area contributed by atoms with E-state index in [9.17, 15) is 51.1 Å². The molecule has 3 aliphatic rings. The van der Waals surface area contributed by atoms with Gasteiger partial charge in [0, 0.05) is 18.1 Å². The number of unbranched alkanes of at least 4 members (excludes halogenated alkanes) is 5. The van der Waals surface area contributed by atoms with Crippen LogP contribution in [0.5, 0.6) is 0 Å². The molecule has 15 atom stereocenters. The van der Waals surface area contributed by atoms with Crippen molar-refractivity contribution in [2.45, 2.75) is 131 Å². The summed E-state index contributed by atoms with van der Waals surface area (Å²) in [4.78, 5) is 2.71. The highest BCUT2D eigenvalue weighted by Gasteiger charge is 2.53. The Morgan fingerprint density at radius 2 is 0.978 bits per heavy atom. The zero-order valence-corrected chi connectivity index (χ0v) is 24.7. The van der Waals surface area contributed by atoms with Crippen molar-refractivity contribution in [2.75, 3.05) is 33.0 Å². The lowest BCUT2D eigenvalue weighted by Crippen LogP contribution is -2.67. The second-order valence-electron chi connectivity index (χ2n) is 11.3. The molecule has 45 heavy (non-hydrogen) atoms. The van der Waals surface area contributed by atoms with Crippen LogP contribution in [-0.2, 0) is 28.4 Å². The standard InChI is InChI=1S/C26H47N3O16/c27-29-28-7-5-3-1-2-4-6-8-40-24-20(38)22(16(34)13(10-31)41-24)45-26-21(39)23(17(35)14(11-32)43-26)44-25-19(37)18(36)15(33)12(9-30)42-25/h12-26,30-39H,1-11H2/t12-,13-,14-,15+,16+,17+,18+,19-,20-,21-,22+,23+,24-,25+,26+/m1/s1. The Morgan fingerprint density at radius 1 is 0.533 bits per heavy atom. The van der Waals surface area contributed by atoms with Crippen LogP contribution in [0.2, 0.25) is 0 Å². The van der Waals surface area contributed by atoms with Gasteiger partial charge in [0.15, 0.2) is 18.9 Å². The van der Waals surface area contributed by atoms with Crippen molar-refractivity contribution in [3.63, 3.8) is 0 Å². The van der Waals surface area contributed by atoms with E-state index in [4.69, 9.17) is 34.0 Å². The van der Waals surface area contributed by atoms with Crippen molar-refractivity contribution in [2.24, 2.45) is 5.11 Å². The van der Waals surface area contributed by atoms with Crippen LogP contribution >= 0.6 is 0 Å². The second kappa shape index (κ2) is 18.9. The van der Waals surface area contributed by atoms with Crippen LogP contribution in [0.25, 0.3) is 10.4 Å². The Morgan fingerprint density at radius 3 is 1.51 bits per heavy atom. The van der Waals surface area contributed by atoms with Gasteiger partial charge in [-0.15, -0.1) is 0 Å². The van der Waals surface area contributed by atoms with E-state index < -0.39 is 112 Å². The van der Waals surface area contributed by atoms with Gasteiger partial charge in [-0.1, -0.05) is 30.8 Å². The molecule has 3 heterocycles. The van der Waals surface area contributed by atoms with Gasteiger partial charge in [0.05, 0.1) is 19.8 Å². The average molecular weight is 658 g/mol. The van der Waals surface area contributed by atoms with Gasteiger partial charge in [-0.2, -0.15) is 0 Å². The molecule has 19 nitrogen and oxygen atoms in total. The first kappa shape index (κ1) is 38.1. The summed E-state index contributed by atoms with van der Waals surface area (Å²) >= 11 is 0. The van der Waals surface area contributed by atoms with Crippen molar-refractivity contribution in [1.82, 2.24) is 0 Å². The van der Waals surface area contributed by atoms with E-state index in [0.717, 1.165) is 32.1 Å². The van der Waals surface area contributed by atoms with Gasteiger partial charge >= 0.3 is 0 Å². The summed E-state index contributed by atoms with van der Waals surface area (Å²) in [7, 11) is 0. The fourth-order valence-electron chi connectivity index (χ4n) is 5.40. The van der Waals surface area contributed by atoms with Crippen LogP contribution in [-0.4, -0.2) is 176 Å². The van der Waals surface area contributed by atoms with E-state index >= 15 is 0 Å². The third-order valence-electron chi connectivity index (χ3n) is 8.07. The highest BCUT2D eigenvalue weighted by Crippen LogP contribution is 2.32. The molecular weight excluding hydrogens is 610 g/mol. The molecule has 0 saturated carbocycles. The minimum absolute atomic E-state index is 0.164. The maximum absolute atomic E-state index is 11.1. The molecule has 3 saturated heterocycles. The van der Waals surface area contributed by atoms with E-state index in [1.54, 1.807) is 0 Å². The van der Waals surface area contributed by atoms with Crippen LogP contribution in [0.3, 0.4) is 0 Å². The number of ether oxygens (including phenoxy) is 6. The molecule has 0 amide bonds. The van der Waals surface area contributed by atoms with Gasteiger partial charge in [0.1, 0.15) is 73.2 Å². The minimum atomic E-state index is -1.91. The first-order valence-corrected chi connectivity index (χ1v) is 15.1. The summed E-state index contributed by atoms with van der Waals surface area (Å²) in [5, 5.41) is 106. The quantitative estimate of drug-likeness (QED) is 0.0309. The molecule has 262 valence electrons. The Balaban J connectivity index is 1.62. The number of nitrogens with zero attached hydrogens (tertiary/aromatic N) is 3. The molecule has 0 aliphatic carbocycles. The molecule has 3 rings (SSSR count). The number of aliphatic hydroxyl groups is 10. The van der Waals surface area contributed by atoms with Crippen LogP contribution in [0.1, 0.15) is 38.5 Å². The van der Waals surface area contributed by atoms with Gasteiger partial charge < -0.3 is 79.5 Å². The van der Waals surface area contributed by atoms with Crippen molar-refractivity contribution in [3.05, 3.63) is 10.4 Å². The number of hydrogen-bond donors (Lipinski definition) is 10. The molecule has 0 aromatic heterocycles. The Hall–Kier alpha value is -1.33. The molecule has 0 aromatic carbocycles. The van der Waals surface area contributed by atoms with E-state index in [2.05, 4.69) is 10.0 Å². The second-order valence-corrected chi connectivity index (χ2v) is 11.3. The van der Waals surface area contributed by atoms with Gasteiger partial charge in [0.25, 0.3) is 0 Å². The Labute approximate surface area is 259 Å². The molecular formula is C26H47N3O16. The monoisotopic (exact) mass is 657 g/mol. The molecule has 10 N–H and O–H groups in total. The summed E-state index contributed by atoms with van der Waals surface area (Å²) in [5.41, 5.74) is 8.29. The number of azide groups is 1. The predicted molar refractivity (Wildman–Crippen MR) is 147 cm³/mol. The lowest BCUT2D eigenvalue weighted by Gasteiger charge is -2.48. The topological polar surface area (TPSA) is 306 Å². The molecule has 0 spiro atoms. The highest BCUT2D eigenvalue weighted by atomic mass is 16.8. The Kier molecular flexibility index (Phi) is 16.0. The third kappa shape index (κ3) is 9.84. The van der Waals surface area contributed by atoms with E-state index in [-0.39, 0.29) is 6.61 Å². The first-order chi connectivity index (χ1) is 21.6. The summed E-state index contributed by atoms with van der Waals surface area (Å²) in [6.45, 7) is -1.63. The Bertz CT molecular complexity index is 902. The van der Waals surface area contributed by atoms with Gasteiger partial charge in [-0.05, 0) is 18.4 Å². The highest BCUT2D eigenvalue weighted by molar-refractivity contribution is 4.96. The van der Waals surface area contributed by atoms with E-state index in [1.165, 1.54) is 0 Å². The van der Waals surface area contributed by atoms with Gasteiger partial charge in [0.2, 0.25) is 0 Å². The van der Waals surface area contributed by atoms with Crippen LogP contribution < -0.4 is 0 Å². The molecule has 0 radical (unpaired) electrons. The molecule has 3 aliphatic heterocycles. The summed E-state index contributed by atoms with van der Waals surface area (Å²) in [6.07, 6.45) is -19.6. The van der Waals surface area contributed by atoms with Crippen LogP contribution in [0, 0.1) is 0 Å². The largest absolute Gasteiger partial charge is 0.394 e. The normalized spacial score (nSPS) is 42.3. The van der Waals surface area contributed by atoms with E-state index in [1.807, 2.05) is 0 Å². The summed E-state index contributed by atoms with van der Waals surface area (Å²) in [5.74, 6) is 0. The third-order valence-corrected chi connectivity index (χ3v) is 8.07. The van der Waals surface area contributed by atoms with Crippen molar-refractivity contribution >= 4 is 0 Å². The van der Waals surface area contributed by atoms with Crippen LogP contribution in [0.15, 0.2) is 5.11 Å². The minimum Gasteiger partial charge on any atom is -0.394 e.